The molecule has 1 N–H and O–H groups in total. The van der Waals surface area contributed by atoms with Crippen molar-refractivity contribution in [3.05, 3.63) is 42.1 Å². The third kappa shape index (κ3) is 6.48. The number of aromatic nitrogens is 1. The van der Waals surface area contributed by atoms with E-state index in [1.54, 1.807) is 0 Å². The first-order valence-corrected chi connectivity index (χ1v) is 10.8. The first-order valence-electron chi connectivity index (χ1n) is 9.16. The second-order valence-electron chi connectivity index (χ2n) is 6.52. The fourth-order valence-electron chi connectivity index (χ4n) is 2.68. The Balaban J connectivity index is 1.55. The van der Waals surface area contributed by atoms with Gasteiger partial charge < -0.3 is 19.5 Å². The Morgan fingerprint density at radius 3 is 2.65 bits per heavy atom. The van der Waals surface area contributed by atoms with Crippen LogP contribution in [0.1, 0.15) is 12.0 Å². The van der Waals surface area contributed by atoms with Gasteiger partial charge in [0.15, 0.2) is 27.9 Å². The molecule has 2 aromatic rings. The summed E-state index contributed by atoms with van der Waals surface area (Å²) >= 11 is 0. The minimum atomic E-state index is -4.53. The Kier molecular flexibility index (Phi) is 6.88. The van der Waals surface area contributed by atoms with E-state index >= 15 is 0 Å². The predicted octanol–water partition coefficient (Wildman–Crippen LogP) is 2.27. The number of benzene rings is 1. The van der Waals surface area contributed by atoms with Crippen molar-refractivity contribution in [2.75, 3.05) is 25.6 Å². The normalized spacial score (nSPS) is 13.5. The Morgan fingerprint density at radius 2 is 1.90 bits per heavy atom. The molecular weight excluding hydrogens is 441 g/mol. The number of pyridine rings is 1. The van der Waals surface area contributed by atoms with Crippen LogP contribution in [0, 0.1) is 0 Å². The number of amides is 1. The number of sulfone groups is 1. The maximum absolute atomic E-state index is 12.5. The van der Waals surface area contributed by atoms with Crippen molar-refractivity contribution in [1.29, 1.82) is 0 Å². The summed E-state index contributed by atoms with van der Waals surface area (Å²) in [6.45, 7) is -0.996. The number of nitrogens with one attached hydrogen (secondary N) is 1. The molecule has 8 nitrogen and oxygen atoms in total. The van der Waals surface area contributed by atoms with Crippen molar-refractivity contribution in [1.82, 2.24) is 10.3 Å². The van der Waals surface area contributed by atoms with Crippen LogP contribution in [0.4, 0.5) is 13.2 Å². The minimum Gasteiger partial charge on any atom is -0.486 e. The largest absolute Gasteiger partial charge is 0.486 e. The second kappa shape index (κ2) is 9.41. The van der Waals surface area contributed by atoms with E-state index in [9.17, 15) is 26.4 Å². The SMILES string of the molecule is O=C(CCS(=O)(=O)c1ccc2c(c1)OCCO2)NCc1cccnc1OCC(F)(F)F. The van der Waals surface area contributed by atoms with Crippen molar-refractivity contribution in [2.45, 2.75) is 24.0 Å². The van der Waals surface area contributed by atoms with E-state index in [2.05, 4.69) is 15.0 Å². The van der Waals surface area contributed by atoms with E-state index in [-0.39, 0.29) is 29.3 Å². The van der Waals surface area contributed by atoms with E-state index in [0.717, 1.165) is 0 Å². The van der Waals surface area contributed by atoms with Gasteiger partial charge in [-0.3, -0.25) is 4.79 Å². The number of hydrogen-bond donors (Lipinski definition) is 1. The van der Waals surface area contributed by atoms with E-state index in [4.69, 9.17) is 9.47 Å². The molecule has 31 heavy (non-hydrogen) atoms. The van der Waals surface area contributed by atoms with Gasteiger partial charge in [-0.2, -0.15) is 13.2 Å². The van der Waals surface area contributed by atoms with Crippen molar-refractivity contribution < 1.29 is 40.6 Å². The molecule has 1 aromatic heterocycles. The second-order valence-corrected chi connectivity index (χ2v) is 8.63. The first-order chi connectivity index (χ1) is 14.6. The van der Waals surface area contributed by atoms with Crippen LogP contribution >= 0.6 is 0 Å². The molecule has 2 heterocycles. The fraction of sp³-hybridized carbons (Fsp3) is 0.368. The number of halogens is 3. The highest BCUT2D eigenvalue weighted by atomic mass is 32.2. The Hall–Kier alpha value is -3.02. The van der Waals surface area contributed by atoms with E-state index in [1.165, 1.54) is 36.5 Å². The minimum absolute atomic E-state index is 0.000327. The van der Waals surface area contributed by atoms with Crippen molar-refractivity contribution in [2.24, 2.45) is 0 Å². The predicted molar refractivity (Wildman–Crippen MR) is 102 cm³/mol. The summed E-state index contributed by atoms with van der Waals surface area (Å²) in [5.41, 5.74) is 0.231. The third-order valence-electron chi connectivity index (χ3n) is 4.17. The number of fused-ring (bicyclic) bond motifs is 1. The van der Waals surface area contributed by atoms with Gasteiger partial charge in [0.1, 0.15) is 13.2 Å². The molecule has 0 saturated carbocycles. The summed E-state index contributed by atoms with van der Waals surface area (Å²) in [5, 5.41) is 2.46. The number of carbonyl (C=O) groups excluding carboxylic acids is 1. The quantitative estimate of drug-likeness (QED) is 0.645. The molecule has 0 radical (unpaired) electrons. The van der Waals surface area contributed by atoms with Gasteiger partial charge in [0, 0.05) is 30.8 Å². The Labute approximate surface area is 176 Å². The molecule has 0 atom stereocenters. The lowest BCUT2D eigenvalue weighted by Crippen LogP contribution is -2.26. The molecule has 0 fully saturated rings. The summed E-state index contributed by atoms with van der Waals surface area (Å²) in [6.07, 6.45) is -3.60. The van der Waals surface area contributed by atoms with Crippen LogP contribution in [0.3, 0.4) is 0 Å². The average molecular weight is 460 g/mol. The maximum Gasteiger partial charge on any atom is 0.422 e. The van der Waals surface area contributed by atoms with Crippen LogP contribution in [0.2, 0.25) is 0 Å². The summed E-state index contributed by atoms with van der Waals surface area (Å²) in [4.78, 5) is 15.8. The molecule has 168 valence electrons. The number of alkyl halides is 3. The smallest absolute Gasteiger partial charge is 0.422 e. The summed E-state index contributed by atoms with van der Waals surface area (Å²) < 4.78 is 77.4. The number of carbonyl (C=O) groups is 1. The number of hydrogen-bond acceptors (Lipinski definition) is 7. The molecule has 1 aliphatic heterocycles. The molecule has 1 aromatic carbocycles. The molecular formula is C19H19F3N2O6S. The van der Waals surface area contributed by atoms with Crippen LogP contribution < -0.4 is 19.5 Å². The molecule has 0 unspecified atom stereocenters. The van der Waals surface area contributed by atoms with Crippen LogP contribution in [0.25, 0.3) is 0 Å². The number of ether oxygens (including phenoxy) is 3. The highest BCUT2D eigenvalue weighted by molar-refractivity contribution is 7.91. The molecule has 1 aliphatic rings. The highest BCUT2D eigenvalue weighted by Gasteiger charge is 2.29. The molecule has 1 amide bonds. The van der Waals surface area contributed by atoms with Gasteiger partial charge in [-0.1, -0.05) is 6.07 Å². The standard InChI is InChI=1S/C19H19F3N2O6S/c20-19(21,22)12-30-18-13(2-1-6-23-18)11-24-17(25)5-9-31(26,27)14-3-4-15-16(10-14)29-8-7-28-15/h1-4,6,10H,5,7-9,11-12H2,(H,24,25). The first kappa shape index (κ1) is 22.7. The van der Waals surface area contributed by atoms with Gasteiger partial charge in [-0.25, -0.2) is 13.4 Å². The molecule has 0 saturated heterocycles. The zero-order valence-corrected chi connectivity index (χ0v) is 17.0. The Bertz CT molecular complexity index is 1040. The van der Waals surface area contributed by atoms with Crippen molar-refractivity contribution >= 4 is 15.7 Å². The lowest BCUT2D eigenvalue weighted by atomic mass is 10.2. The van der Waals surface area contributed by atoms with E-state index in [1.807, 2.05) is 0 Å². The summed E-state index contributed by atoms with van der Waals surface area (Å²) in [5.74, 6) is -0.540. The van der Waals surface area contributed by atoms with Crippen molar-refractivity contribution in [3.8, 4) is 17.4 Å². The van der Waals surface area contributed by atoms with Crippen LogP contribution in [-0.4, -0.2) is 51.1 Å². The average Bonchev–Trinajstić information content (AvgIpc) is 2.74. The number of rotatable bonds is 8. The van der Waals surface area contributed by atoms with Crippen LogP contribution in [0.5, 0.6) is 17.4 Å². The van der Waals surface area contributed by atoms with Gasteiger partial charge in [0.05, 0.1) is 10.6 Å². The van der Waals surface area contributed by atoms with Gasteiger partial charge in [-0.05, 0) is 18.2 Å². The molecule has 0 bridgehead atoms. The van der Waals surface area contributed by atoms with E-state index in [0.29, 0.717) is 24.7 Å². The van der Waals surface area contributed by atoms with Gasteiger partial charge in [-0.15, -0.1) is 0 Å². The zero-order chi connectivity index (χ0) is 22.5. The lowest BCUT2D eigenvalue weighted by Gasteiger charge is -2.18. The van der Waals surface area contributed by atoms with Crippen LogP contribution in [-0.2, 0) is 21.2 Å². The topological polar surface area (TPSA) is 104 Å². The van der Waals surface area contributed by atoms with Gasteiger partial charge in [0.25, 0.3) is 0 Å². The van der Waals surface area contributed by atoms with Crippen molar-refractivity contribution in [3.63, 3.8) is 0 Å². The van der Waals surface area contributed by atoms with Gasteiger partial charge >= 0.3 is 6.18 Å². The highest BCUT2D eigenvalue weighted by Crippen LogP contribution is 2.32. The van der Waals surface area contributed by atoms with E-state index < -0.39 is 34.3 Å². The number of nitrogens with zero attached hydrogens (tertiary/aromatic N) is 1. The molecule has 0 spiro atoms. The maximum atomic E-state index is 12.5. The molecule has 3 rings (SSSR count). The summed E-state index contributed by atoms with van der Waals surface area (Å²) in [7, 11) is -3.76. The molecule has 0 aliphatic carbocycles. The lowest BCUT2D eigenvalue weighted by molar-refractivity contribution is -0.154. The summed E-state index contributed by atoms with van der Waals surface area (Å²) in [6, 6.07) is 7.15. The van der Waals surface area contributed by atoms with Crippen LogP contribution in [0.15, 0.2) is 41.4 Å². The monoisotopic (exact) mass is 460 g/mol. The van der Waals surface area contributed by atoms with Gasteiger partial charge in [0.2, 0.25) is 11.8 Å². The molecule has 12 heteroatoms. The fourth-order valence-corrected chi connectivity index (χ4v) is 3.93. The zero-order valence-electron chi connectivity index (χ0n) is 16.1. The Morgan fingerprint density at radius 1 is 1.16 bits per heavy atom. The third-order valence-corrected chi connectivity index (χ3v) is 5.88.